The van der Waals surface area contributed by atoms with Gasteiger partial charge < -0.3 is 4.74 Å². The van der Waals surface area contributed by atoms with Gasteiger partial charge in [-0.2, -0.15) is 0 Å². The summed E-state index contributed by atoms with van der Waals surface area (Å²) in [6.45, 7) is 0. The summed E-state index contributed by atoms with van der Waals surface area (Å²) in [5.74, 6) is 0. The van der Waals surface area contributed by atoms with Crippen molar-refractivity contribution in [2.24, 2.45) is 0 Å². The summed E-state index contributed by atoms with van der Waals surface area (Å²) < 4.78 is 7.16. The fourth-order valence-electron chi connectivity index (χ4n) is 2.12. The largest absolute Gasteiger partial charge is 0.374 e. The second kappa shape index (κ2) is 5.85. The first-order chi connectivity index (χ1) is 7.38. The number of benzene rings is 1. The minimum absolute atomic E-state index is 0.445. The number of rotatable bonds is 3. The Bertz CT molecular complexity index is 286. The predicted molar refractivity (Wildman–Crippen MR) is 71.5 cm³/mol. The second-order valence-electron chi connectivity index (χ2n) is 4.16. The molecule has 1 aliphatic heterocycles. The topological polar surface area (TPSA) is 9.23 Å². The van der Waals surface area contributed by atoms with E-state index in [0.29, 0.717) is 12.2 Å². The van der Waals surface area contributed by atoms with E-state index in [2.05, 4.69) is 52.9 Å². The van der Waals surface area contributed by atoms with E-state index in [1.54, 1.807) is 0 Å². The van der Waals surface area contributed by atoms with Crippen molar-refractivity contribution in [3.8, 4) is 0 Å². The Morgan fingerprint density at radius 2 is 1.87 bits per heavy atom. The Balaban J connectivity index is 1.89. The second-order valence-corrected chi connectivity index (χ2v) is 5.04. The molecule has 1 aromatic carbocycles. The van der Waals surface area contributed by atoms with Crippen LogP contribution < -0.4 is 0 Å². The van der Waals surface area contributed by atoms with Crippen LogP contribution in [0.25, 0.3) is 0 Å². The van der Waals surface area contributed by atoms with Crippen LogP contribution in [0.2, 0.25) is 0 Å². The van der Waals surface area contributed by atoms with Gasteiger partial charge in [-0.05, 0) is 31.2 Å². The quantitative estimate of drug-likeness (QED) is 0.611. The van der Waals surface area contributed by atoms with Gasteiger partial charge in [-0.3, -0.25) is 0 Å². The van der Waals surface area contributed by atoms with Gasteiger partial charge in [-0.25, -0.2) is 0 Å². The first-order valence-corrected chi connectivity index (χ1v) is 7.16. The molecule has 0 aromatic heterocycles. The van der Waals surface area contributed by atoms with Gasteiger partial charge >= 0.3 is 0 Å². The Morgan fingerprint density at radius 3 is 2.60 bits per heavy atom. The van der Waals surface area contributed by atoms with Crippen molar-refractivity contribution in [2.75, 3.05) is 4.43 Å². The van der Waals surface area contributed by atoms with Crippen LogP contribution in [0.15, 0.2) is 30.3 Å². The van der Waals surface area contributed by atoms with Crippen molar-refractivity contribution in [2.45, 2.75) is 37.9 Å². The van der Waals surface area contributed by atoms with Crippen molar-refractivity contribution in [3.63, 3.8) is 0 Å². The smallest absolute Gasteiger partial charge is 0.0668 e. The van der Waals surface area contributed by atoms with Crippen molar-refractivity contribution >= 4 is 22.6 Å². The van der Waals surface area contributed by atoms with Gasteiger partial charge in [0, 0.05) is 4.43 Å². The normalized spacial score (nSPS) is 26.5. The van der Waals surface area contributed by atoms with E-state index in [1.165, 1.54) is 24.8 Å². The lowest BCUT2D eigenvalue weighted by atomic mass is 9.99. The molecule has 82 valence electrons. The number of halogens is 1. The van der Waals surface area contributed by atoms with Crippen molar-refractivity contribution in [1.82, 2.24) is 0 Å². The summed E-state index contributed by atoms with van der Waals surface area (Å²) in [5.41, 5.74) is 1.40. The first-order valence-electron chi connectivity index (χ1n) is 5.64. The molecular formula is C13H17IO. The predicted octanol–water partition coefficient (Wildman–Crippen LogP) is 3.60. The zero-order valence-corrected chi connectivity index (χ0v) is 11.0. The Morgan fingerprint density at radius 1 is 1.13 bits per heavy atom. The highest BCUT2D eigenvalue weighted by atomic mass is 127. The van der Waals surface area contributed by atoms with Gasteiger partial charge in [0.15, 0.2) is 0 Å². The van der Waals surface area contributed by atoms with Gasteiger partial charge in [-0.15, -0.1) is 0 Å². The minimum Gasteiger partial charge on any atom is -0.374 e. The van der Waals surface area contributed by atoms with Crippen LogP contribution in [-0.2, 0) is 11.2 Å². The molecule has 0 amide bonds. The number of hydrogen-bond donors (Lipinski definition) is 0. The average Bonchev–Trinajstić information content (AvgIpc) is 2.31. The third-order valence-electron chi connectivity index (χ3n) is 2.92. The lowest BCUT2D eigenvalue weighted by Crippen LogP contribution is -2.30. The zero-order valence-electron chi connectivity index (χ0n) is 8.86. The number of alkyl halides is 1. The van der Waals surface area contributed by atoms with E-state index in [9.17, 15) is 0 Å². The Hall–Kier alpha value is -0.0900. The molecule has 0 bridgehead atoms. The molecule has 1 nitrogen and oxygen atoms in total. The molecule has 1 fully saturated rings. The number of ether oxygens (including phenoxy) is 1. The van der Waals surface area contributed by atoms with Gasteiger partial charge in [0.25, 0.3) is 0 Å². The molecule has 0 radical (unpaired) electrons. The lowest BCUT2D eigenvalue weighted by Gasteiger charge is -2.29. The van der Waals surface area contributed by atoms with Gasteiger partial charge in [0.2, 0.25) is 0 Å². The van der Waals surface area contributed by atoms with Crippen molar-refractivity contribution in [3.05, 3.63) is 35.9 Å². The van der Waals surface area contributed by atoms with E-state index >= 15 is 0 Å². The fourth-order valence-corrected chi connectivity index (χ4v) is 2.77. The molecule has 2 rings (SSSR count). The maximum Gasteiger partial charge on any atom is 0.0668 e. The molecule has 1 saturated heterocycles. The molecule has 1 aliphatic rings. The average molecular weight is 316 g/mol. The highest BCUT2D eigenvalue weighted by molar-refractivity contribution is 14.1. The van der Waals surface area contributed by atoms with Crippen LogP contribution >= 0.6 is 22.6 Å². The van der Waals surface area contributed by atoms with E-state index in [4.69, 9.17) is 4.74 Å². The minimum atomic E-state index is 0.445. The van der Waals surface area contributed by atoms with Crippen LogP contribution in [0.1, 0.15) is 24.8 Å². The van der Waals surface area contributed by atoms with Gasteiger partial charge in [-0.1, -0.05) is 52.9 Å². The molecule has 1 aromatic rings. The molecule has 1 heterocycles. The van der Waals surface area contributed by atoms with Gasteiger partial charge in [0.1, 0.15) is 0 Å². The summed E-state index contributed by atoms with van der Waals surface area (Å²) in [6.07, 6.45) is 5.81. The summed E-state index contributed by atoms with van der Waals surface area (Å²) in [4.78, 5) is 0. The van der Waals surface area contributed by atoms with Crippen LogP contribution in [0.3, 0.4) is 0 Å². The highest BCUT2D eigenvalue weighted by Gasteiger charge is 2.21. The van der Waals surface area contributed by atoms with Crippen LogP contribution in [-0.4, -0.2) is 16.6 Å². The van der Waals surface area contributed by atoms with Crippen molar-refractivity contribution < 1.29 is 4.74 Å². The van der Waals surface area contributed by atoms with E-state index in [-0.39, 0.29) is 0 Å². The van der Waals surface area contributed by atoms with E-state index in [0.717, 1.165) is 10.8 Å². The molecule has 0 N–H and O–H groups in total. The molecule has 0 spiro atoms. The molecular weight excluding hydrogens is 299 g/mol. The monoisotopic (exact) mass is 316 g/mol. The van der Waals surface area contributed by atoms with Crippen LogP contribution in [0.4, 0.5) is 0 Å². The third kappa shape index (κ3) is 3.45. The summed E-state index contributed by atoms with van der Waals surface area (Å²) in [7, 11) is 0. The maximum atomic E-state index is 6.03. The number of hydrogen-bond acceptors (Lipinski definition) is 1. The summed E-state index contributed by atoms with van der Waals surface area (Å²) >= 11 is 2.42. The maximum absolute atomic E-state index is 6.03. The molecule has 0 saturated carbocycles. The van der Waals surface area contributed by atoms with Crippen LogP contribution in [0.5, 0.6) is 0 Å². The Kier molecular flexibility index (Phi) is 4.44. The zero-order chi connectivity index (χ0) is 10.5. The SMILES string of the molecule is ICC1CCCC(Cc2ccccc2)O1. The molecule has 2 heteroatoms. The highest BCUT2D eigenvalue weighted by Crippen LogP contribution is 2.23. The van der Waals surface area contributed by atoms with Crippen LogP contribution in [0, 0.1) is 0 Å². The molecule has 2 atom stereocenters. The fraction of sp³-hybridized carbons (Fsp3) is 0.538. The molecule has 2 unspecified atom stereocenters. The first kappa shape index (κ1) is 11.4. The Labute approximate surface area is 105 Å². The molecule has 15 heavy (non-hydrogen) atoms. The summed E-state index contributed by atoms with van der Waals surface area (Å²) in [6, 6.07) is 10.7. The molecule has 0 aliphatic carbocycles. The van der Waals surface area contributed by atoms with E-state index < -0.39 is 0 Å². The lowest BCUT2D eigenvalue weighted by molar-refractivity contribution is -0.0348. The van der Waals surface area contributed by atoms with E-state index in [1.807, 2.05) is 0 Å². The summed E-state index contributed by atoms with van der Waals surface area (Å²) in [5, 5.41) is 0. The standard InChI is InChI=1S/C13H17IO/c14-10-13-8-4-7-12(15-13)9-11-5-2-1-3-6-11/h1-3,5-6,12-13H,4,7-10H2. The van der Waals surface area contributed by atoms with Crippen molar-refractivity contribution in [1.29, 1.82) is 0 Å². The third-order valence-corrected chi connectivity index (χ3v) is 3.90. The van der Waals surface area contributed by atoms with Gasteiger partial charge in [0.05, 0.1) is 12.2 Å².